The van der Waals surface area contributed by atoms with Gasteiger partial charge in [0.2, 0.25) is 11.5 Å². The molecule has 0 radical (unpaired) electrons. The van der Waals surface area contributed by atoms with Gasteiger partial charge in [0.25, 0.3) is 0 Å². The lowest BCUT2D eigenvalue weighted by atomic mass is 10.00. The highest BCUT2D eigenvalue weighted by Crippen LogP contribution is 2.37. The Balaban J connectivity index is 1.55. The highest BCUT2D eigenvalue weighted by Gasteiger charge is 2.27. The van der Waals surface area contributed by atoms with Gasteiger partial charge in [0.15, 0.2) is 6.10 Å². The Morgan fingerprint density at radius 1 is 0.771 bits per heavy atom. The lowest BCUT2D eigenvalue weighted by molar-refractivity contribution is -0.385. The van der Waals surface area contributed by atoms with Gasteiger partial charge in [-0.15, -0.1) is 0 Å². The molecule has 35 heavy (non-hydrogen) atoms. The predicted molar refractivity (Wildman–Crippen MR) is 130 cm³/mol. The van der Waals surface area contributed by atoms with E-state index in [0.29, 0.717) is 11.1 Å². The quantitative estimate of drug-likeness (QED) is 0.117. The SMILES string of the molecule is O=C(O[C@H](C(=O)c1ccccc1)c1ccccc1)c1ccc(Oc2c(Cl)cccc2[N+](=O)[O-])cc1. The zero-order valence-electron chi connectivity index (χ0n) is 18.2. The minimum absolute atomic E-state index is 0.0767. The molecule has 0 unspecified atom stereocenters. The summed E-state index contributed by atoms with van der Waals surface area (Å²) in [5, 5.41) is 11.3. The Morgan fingerprint density at radius 2 is 1.40 bits per heavy atom. The number of ether oxygens (including phenoxy) is 2. The number of halogens is 1. The first-order valence-corrected chi connectivity index (χ1v) is 10.9. The summed E-state index contributed by atoms with van der Waals surface area (Å²) in [6.07, 6.45) is -1.13. The predicted octanol–water partition coefficient (Wildman–Crippen LogP) is 6.82. The lowest BCUT2D eigenvalue weighted by Crippen LogP contribution is -2.20. The third kappa shape index (κ3) is 5.54. The van der Waals surface area contributed by atoms with Gasteiger partial charge in [0.1, 0.15) is 5.75 Å². The summed E-state index contributed by atoms with van der Waals surface area (Å²) in [7, 11) is 0. The largest absolute Gasteiger partial charge is 0.449 e. The van der Waals surface area contributed by atoms with Crippen LogP contribution in [-0.4, -0.2) is 16.7 Å². The van der Waals surface area contributed by atoms with Gasteiger partial charge in [-0.2, -0.15) is 0 Å². The number of benzene rings is 4. The average Bonchev–Trinajstić information content (AvgIpc) is 2.89. The minimum Gasteiger partial charge on any atom is -0.449 e. The van der Waals surface area contributed by atoms with E-state index in [9.17, 15) is 19.7 Å². The van der Waals surface area contributed by atoms with E-state index in [4.69, 9.17) is 21.1 Å². The zero-order valence-corrected chi connectivity index (χ0v) is 18.9. The number of esters is 1. The van der Waals surface area contributed by atoms with Gasteiger partial charge in [0, 0.05) is 17.2 Å². The van der Waals surface area contributed by atoms with E-state index >= 15 is 0 Å². The van der Waals surface area contributed by atoms with Crippen molar-refractivity contribution in [3.8, 4) is 11.5 Å². The number of ketones is 1. The van der Waals surface area contributed by atoms with Crippen molar-refractivity contribution in [2.75, 3.05) is 0 Å². The van der Waals surface area contributed by atoms with Crippen molar-refractivity contribution in [1.82, 2.24) is 0 Å². The number of para-hydroxylation sites is 1. The molecule has 8 heteroatoms. The summed E-state index contributed by atoms with van der Waals surface area (Å²) in [6, 6.07) is 27.3. The molecule has 1 atom stereocenters. The zero-order chi connectivity index (χ0) is 24.8. The van der Waals surface area contributed by atoms with Gasteiger partial charge in [-0.3, -0.25) is 14.9 Å². The first-order valence-electron chi connectivity index (χ1n) is 10.5. The molecular weight excluding hydrogens is 470 g/mol. The molecule has 0 N–H and O–H groups in total. The highest BCUT2D eigenvalue weighted by atomic mass is 35.5. The lowest BCUT2D eigenvalue weighted by Gasteiger charge is -2.17. The van der Waals surface area contributed by atoms with Crippen LogP contribution >= 0.6 is 11.6 Å². The number of nitrogens with zero attached hydrogens (tertiary/aromatic N) is 1. The van der Waals surface area contributed by atoms with Crippen molar-refractivity contribution in [1.29, 1.82) is 0 Å². The average molecular weight is 488 g/mol. The fourth-order valence-electron chi connectivity index (χ4n) is 3.35. The van der Waals surface area contributed by atoms with Crippen molar-refractivity contribution in [3.63, 3.8) is 0 Å². The topological polar surface area (TPSA) is 95.7 Å². The summed E-state index contributed by atoms with van der Waals surface area (Å²) < 4.78 is 11.2. The van der Waals surface area contributed by atoms with Crippen molar-refractivity contribution in [2.45, 2.75) is 6.10 Å². The molecule has 0 aliphatic carbocycles. The van der Waals surface area contributed by atoms with Crippen molar-refractivity contribution in [2.24, 2.45) is 0 Å². The molecule has 0 saturated heterocycles. The minimum atomic E-state index is -1.13. The van der Waals surface area contributed by atoms with Crippen molar-refractivity contribution < 1.29 is 24.0 Å². The van der Waals surface area contributed by atoms with E-state index in [1.807, 2.05) is 0 Å². The van der Waals surface area contributed by atoms with Crippen molar-refractivity contribution >= 4 is 29.0 Å². The number of hydrogen-bond donors (Lipinski definition) is 0. The second kappa shape index (κ2) is 10.6. The number of rotatable bonds is 8. The van der Waals surface area contributed by atoms with E-state index in [0.717, 1.165) is 0 Å². The number of nitro groups is 1. The van der Waals surface area contributed by atoms with E-state index in [-0.39, 0.29) is 33.6 Å². The van der Waals surface area contributed by atoms with Crippen LogP contribution in [-0.2, 0) is 4.74 Å². The number of hydrogen-bond acceptors (Lipinski definition) is 6. The van der Waals surface area contributed by atoms with Gasteiger partial charge in [-0.25, -0.2) is 4.79 Å². The molecule has 0 spiro atoms. The molecule has 0 bridgehead atoms. The van der Waals surface area contributed by atoms with Crippen LogP contribution in [0.25, 0.3) is 0 Å². The van der Waals surface area contributed by atoms with Crippen LogP contribution in [0.15, 0.2) is 103 Å². The summed E-state index contributed by atoms with van der Waals surface area (Å²) >= 11 is 6.07. The smallest absolute Gasteiger partial charge is 0.339 e. The number of carbonyl (C=O) groups is 2. The second-order valence-electron chi connectivity index (χ2n) is 7.40. The van der Waals surface area contributed by atoms with Gasteiger partial charge >= 0.3 is 11.7 Å². The van der Waals surface area contributed by atoms with Gasteiger partial charge in [-0.05, 0) is 30.3 Å². The molecule has 4 aromatic carbocycles. The molecule has 0 heterocycles. The highest BCUT2D eigenvalue weighted by molar-refractivity contribution is 6.32. The van der Waals surface area contributed by atoms with Gasteiger partial charge < -0.3 is 9.47 Å². The Kier molecular flexibility index (Phi) is 7.18. The molecule has 7 nitrogen and oxygen atoms in total. The summed E-state index contributed by atoms with van der Waals surface area (Å²) in [5.74, 6) is -0.931. The fourth-order valence-corrected chi connectivity index (χ4v) is 3.56. The summed E-state index contributed by atoms with van der Waals surface area (Å²) in [4.78, 5) is 36.7. The molecule has 174 valence electrons. The molecule has 0 aliphatic heterocycles. The van der Waals surface area contributed by atoms with Crippen LogP contribution in [0.4, 0.5) is 5.69 Å². The van der Waals surface area contributed by atoms with Gasteiger partial charge in [0.05, 0.1) is 15.5 Å². The molecule has 0 amide bonds. The van der Waals surface area contributed by atoms with Crippen LogP contribution in [0.5, 0.6) is 11.5 Å². The standard InChI is InChI=1S/C27H18ClNO6/c28-22-12-7-13-23(29(32)33)26(22)34-21-16-14-20(15-17-21)27(31)35-25(19-10-5-2-6-11-19)24(30)18-8-3-1-4-9-18/h1-17,25H/t25-/m0/s1. The maximum atomic E-state index is 13.1. The number of Topliss-reactive ketones (excluding diaryl/α,β-unsaturated/α-hetero) is 1. The molecule has 0 aliphatic rings. The Morgan fingerprint density at radius 3 is 2.03 bits per heavy atom. The molecule has 0 saturated carbocycles. The van der Waals surface area contributed by atoms with Crippen LogP contribution in [0, 0.1) is 10.1 Å². The van der Waals surface area contributed by atoms with Gasteiger partial charge in [-0.1, -0.05) is 78.3 Å². The Bertz CT molecular complexity index is 1360. The number of nitro benzene ring substituents is 1. The Hall–Kier alpha value is -4.49. The molecule has 0 aromatic heterocycles. The van der Waals surface area contributed by atoms with E-state index in [1.54, 1.807) is 60.7 Å². The summed E-state index contributed by atoms with van der Waals surface area (Å²) in [6.45, 7) is 0. The first kappa shape index (κ1) is 23.7. The monoisotopic (exact) mass is 487 g/mol. The first-order chi connectivity index (χ1) is 16.9. The molecule has 4 rings (SSSR count). The molecular formula is C27H18ClNO6. The maximum absolute atomic E-state index is 13.1. The van der Waals surface area contributed by atoms with Crippen LogP contribution < -0.4 is 4.74 Å². The normalized spacial score (nSPS) is 11.3. The third-order valence-electron chi connectivity index (χ3n) is 5.08. The van der Waals surface area contributed by atoms with Crippen LogP contribution in [0.3, 0.4) is 0 Å². The fraction of sp³-hybridized carbons (Fsp3) is 0.0370. The van der Waals surface area contributed by atoms with Crippen LogP contribution in [0.1, 0.15) is 32.4 Å². The molecule has 4 aromatic rings. The molecule has 0 fully saturated rings. The van der Waals surface area contributed by atoms with E-state index in [2.05, 4.69) is 0 Å². The van der Waals surface area contributed by atoms with E-state index in [1.165, 1.54) is 42.5 Å². The van der Waals surface area contributed by atoms with E-state index < -0.39 is 17.0 Å². The number of carbonyl (C=O) groups excluding carboxylic acids is 2. The van der Waals surface area contributed by atoms with Crippen molar-refractivity contribution in [3.05, 3.63) is 135 Å². The van der Waals surface area contributed by atoms with Crippen LogP contribution in [0.2, 0.25) is 5.02 Å². The maximum Gasteiger partial charge on any atom is 0.339 e. The summed E-state index contributed by atoms with van der Waals surface area (Å²) in [5.41, 5.74) is 0.846. The third-order valence-corrected chi connectivity index (χ3v) is 5.37. The second-order valence-corrected chi connectivity index (χ2v) is 7.81. The Labute approximate surface area is 205 Å².